The Morgan fingerprint density at radius 3 is 1.50 bits per heavy atom. The van der Waals surface area contributed by atoms with Crippen molar-refractivity contribution in [3.05, 3.63) is 137 Å². The first kappa shape index (κ1) is 33.4. The van der Waals surface area contributed by atoms with Crippen LogP contribution in [-0.4, -0.2) is 69.3 Å². The second-order valence-corrected chi connectivity index (χ2v) is 10.2. The lowest BCUT2D eigenvalue weighted by molar-refractivity contribution is 0.0662. The summed E-state index contributed by atoms with van der Waals surface area (Å²) in [5, 5.41) is 0.724. The minimum Gasteiger partial charge on any atom is -0.367 e. The summed E-state index contributed by atoms with van der Waals surface area (Å²) in [5.74, 6) is 0. The van der Waals surface area contributed by atoms with Crippen molar-refractivity contribution in [2.75, 3.05) is 54.5 Å². The summed E-state index contributed by atoms with van der Waals surface area (Å²) in [6.45, 7) is 3.17. The first-order valence-electron chi connectivity index (χ1n) is 13.2. The molecular weight excluding hydrogens is 541 g/mol. The zero-order chi connectivity index (χ0) is 27.9. The Labute approximate surface area is 251 Å². The molecule has 1 unspecified atom stereocenters. The van der Waals surface area contributed by atoms with Crippen molar-refractivity contribution in [2.24, 2.45) is 0 Å². The lowest BCUT2D eigenvalue weighted by Gasteiger charge is -2.20. The van der Waals surface area contributed by atoms with Crippen molar-refractivity contribution in [3.63, 3.8) is 0 Å². The maximum atomic E-state index is 6.08. The van der Waals surface area contributed by atoms with E-state index in [0.29, 0.717) is 6.61 Å². The van der Waals surface area contributed by atoms with E-state index in [-0.39, 0.29) is 24.6 Å². The fraction of sp³-hybridized carbons (Fsp3) is 0.303. The van der Waals surface area contributed by atoms with Gasteiger partial charge in [0, 0.05) is 24.3 Å². The van der Waals surface area contributed by atoms with Crippen LogP contribution in [-0.2, 0) is 9.47 Å². The van der Waals surface area contributed by atoms with E-state index in [2.05, 4.69) is 77.4 Å². The maximum Gasteiger partial charge on any atom is 0.124 e. The standard InChI is InChI=1S/C17H21NO.C16H19ClN2O.ClH/c1-18(2)13-14-19-17(15-9-5-3-6-10-15)16-11-7-4-8-12-16;1-19(2)11-12-20-16(15-5-3-4-10-18-15)13-6-8-14(17)9-7-13;/h3-12,17H,13-14H2,1-2H3;3-10,16H,11-12H2,1-2H3;1H. The van der Waals surface area contributed by atoms with Crippen molar-refractivity contribution in [1.29, 1.82) is 0 Å². The second-order valence-electron chi connectivity index (χ2n) is 9.74. The maximum absolute atomic E-state index is 6.08. The zero-order valence-electron chi connectivity index (χ0n) is 23.8. The van der Waals surface area contributed by atoms with Gasteiger partial charge >= 0.3 is 0 Å². The van der Waals surface area contributed by atoms with Gasteiger partial charge in [-0.05, 0) is 69.1 Å². The highest BCUT2D eigenvalue weighted by atomic mass is 35.5. The number of rotatable bonds is 12. The number of likely N-dealkylation sites (N-methyl/N-ethyl adjacent to an activating group) is 2. The predicted molar refractivity (Wildman–Crippen MR) is 169 cm³/mol. The summed E-state index contributed by atoms with van der Waals surface area (Å²) in [5.41, 5.74) is 4.38. The van der Waals surface area contributed by atoms with Crippen molar-refractivity contribution in [1.82, 2.24) is 14.8 Å². The van der Waals surface area contributed by atoms with Gasteiger partial charge in [0.25, 0.3) is 0 Å². The highest BCUT2D eigenvalue weighted by Gasteiger charge is 2.16. The van der Waals surface area contributed by atoms with Gasteiger partial charge in [-0.3, -0.25) is 4.98 Å². The molecule has 0 saturated heterocycles. The smallest absolute Gasteiger partial charge is 0.124 e. The Hall–Kier alpha value is -2.77. The van der Waals surface area contributed by atoms with Crippen LogP contribution < -0.4 is 0 Å². The van der Waals surface area contributed by atoms with E-state index >= 15 is 0 Å². The van der Waals surface area contributed by atoms with Crippen LogP contribution in [0.5, 0.6) is 0 Å². The van der Waals surface area contributed by atoms with Gasteiger partial charge in [0.2, 0.25) is 0 Å². The Morgan fingerprint density at radius 2 is 1.05 bits per heavy atom. The summed E-state index contributed by atoms with van der Waals surface area (Å²) >= 11 is 5.95. The molecule has 0 fully saturated rings. The largest absolute Gasteiger partial charge is 0.367 e. The number of nitrogens with zero attached hydrogens (tertiary/aromatic N) is 3. The Bertz CT molecular complexity index is 1140. The molecule has 0 aliphatic carbocycles. The lowest BCUT2D eigenvalue weighted by atomic mass is 10.0. The SMILES string of the molecule is CN(C)CCOC(c1ccc(Cl)cc1)c1ccccn1.CN(C)CCOC(c1ccccc1)c1ccccc1.Cl. The summed E-state index contributed by atoms with van der Waals surface area (Å²) in [6, 6.07) is 34.3. The topological polar surface area (TPSA) is 37.8 Å². The molecule has 0 radical (unpaired) electrons. The van der Waals surface area contributed by atoms with Crippen molar-refractivity contribution in [2.45, 2.75) is 12.2 Å². The molecule has 5 nitrogen and oxygen atoms in total. The summed E-state index contributed by atoms with van der Waals surface area (Å²) in [7, 11) is 8.18. The monoisotopic (exact) mass is 581 g/mol. The molecule has 0 N–H and O–H groups in total. The summed E-state index contributed by atoms with van der Waals surface area (Å²) < 4.78 is 12.1. The number of aromatic nitrogens is 1. The van der Waals surface area contributed by atoms with E-state index in [9.17, 15) is 0 Å². The van der Waals surface area contributed by atoms with Crippen molar-refractivity contribution < 1.29 is 9.47 Å². The Morgan fingerprint density at radius 1 is 0.600 bits per heavy atom. The molecule has 4 aromatic rings. The normalized spacial score (nSPS) is 11.6. The van der Waals surface area contributed by atoms with Gasteiger partial charge in [0.1, 0.15) is 12.2 Å². The molecule has 214 valence electrons. The average Bonchev–Trinajstić information content (AvgIpc) is 2.96. The Balaban J connectivity index is 0.000000274. The second kappa shape index (κ2) is 18.6. The molecule has 1 aromatic heterocycles. The first-order valence-corrected chi connectivity index (χ1v) is 13.6. The third kappa shape index (κ3) is 11.8. The van der Waals surface area contributed by atoms with E-state index in [4.69, 9.17) is 21.1 Å². The zero-order valence-corrected chi connectivity index (χ0v) is 25.4. The molecule has 0 aliphatic heterocycles. The number of ether oxygens (including phenoxy) is 2. The quantitative estimate of drug-likeness (QED) is 0.177. The van der Waals surface area contributed by atoms with Gasteiger partial charge in [-0.15, -0.1) is 12.4 Å². The lowest BCUT2D eigenvalue weighted by Crippen LogP contribution is -2.20. The van der Waals surface area contributed by atoms with Crippen molar-refractivity contribution >= 4 is 24.0 Å². The number of hydrogen-bond acceptors (Lipinski definition) is 5. The van der Waals surface area contributed by atoms with Gasteiger partial charge in [-0.1, -0.05) is 90.5 Å². The number of hydrogen-bond donors (Lipinski definition) is 0. The van der Waals surface area contributed by atoms with Crippen LogP contribution in [0.2, 0.25) is 5.02 Å². The molecule has 0 bridgehead atoms. The molecule has 1 heterocycles. The molecule has 0 amide bonds. The van der Waals surface area contributed by atoms with Crippen LogP contribution in [0, 0.1) is 0 Å². The summed E-state index contributed by atoms with van der Waals surface area (Å²) in [6.07, 6.45) is 1.64. The minimum absolute atomic E-state index is 0. The molecule has 0 saturated carbocycles. The number of pyridine rings is 1. The van der Waals surface area contributed by atoms with Gasteiger partial charge in [-0.25, -0.2) is 0 Å². The number of halogens is 2. The highest BCUT2D eigenvalue weighted by Crippen LogP contribution is 2.26. The highest BCUT2D eigenvalue weighted by molar-refractivity contribution is 6.30. The summed E-state index contributed by atoms with van der Waals surface area (Å²) in [4.78, 5) is 8.63. The minimum atomic E-state index is -0.159. The average molecular weight is 583 g/mol. The fourth-order valence-electron chi connectivity index (χ4n) is 3.87. The van der Waals surface area contributed by atoms with Gasteiger partial charge in [0.15, 0.2) is 0 Å². The van der Waals surface area contributed by atoms with E-state index in [1.807, 2.05) is 68.7 Å². The molecule has 7 heteroatoms. The van der Waals surface area contributed by atoms with Crippen LogP contribution in [0.25, 0.3) is 0 Å². The molecule has 0 aliphatic rings. The first-order chi connectivity index (χ1) is 18.9. The van der Waals surface area contributed by atoms with Gasteiger partial charge in [0.05, 0.1) is 18.9 Å². The third-order valence-electron chi connectivity index (χ3n) is 5.98. The molecular formula is C33H41Cl2N3O2. The molecule has 0 spiro atoms. The van der Waals surface area contributed by atoms with Gasteiger partial charge in [-0.2, -0.15) is 0 Å². The van der Waals surface area contributed by atoms with Crippen LogP contribution in [0.15, 0.2) is 109 Å². The van der Waals surface area contributed by atoms with Crippen molar-refractivity contribution in [3.8, 4) is 0 Å². The molecule has 4 rings (SSSR count). The van der Waals surface area contributed by atoms with E-state index in [1.165, 1.54) is 11.1 Å². The molecule has 3 aromatic carbocycles. The van der Waals surface area contributed by atoms with Crippen LogP contribution in [0.1, 0.15) is 34.6 Å². The molecule has 40 heavy (non-hydrogen) atoms. The van der Waals surface area contributed by atoms with E-state index in [0.717, 1.165) is 36.0 Å². The van der Waals surface area contributed by atoms with Crippen LogP contribution in [0.4, 0.5) is 0 Å². The fourth-order valence-corrected chi connectivity index (χ4v) is 3.99. The number of benzene rings is 3. The molecule has 1 atom stereocenters. The van der Waals surface area contributed by atoms with Crippen LogP contribution >= 0.6 is 24.0 Å². The van der Waals surface area contributed by atoms with Crippen LogP contribution in [0.3, 0.4) is 0 Å². The van der Waals surface area contributed by atoms with Gasteiger partial charge < -0.3 is 19.3 Å². The Kier molecular flexibility index (Phi) is 15.5. The predicted octanol–water partition coefficient (Wildman–Crippen LogP) is 7.18. The van der Waals surface area contributed by atoms with E-state index < -0.39 is 0 Å². The van der Waals surface area contributed by atoms with E-state index in [1.54, 1.807) is 6.20 Å². The third-order valence-corrected chi connectivity index (χ3v) is 6.23.